The third-order valence-electron chi connectivity index (χ3n) is 3.58. The molecule has 0 aliphatic carbocycles. The molecule has 0 fully saturated rings. The molecule has 0 saturated heterocycles. The molecule has 0 bridgehead atoms. The molecule has 0 spiro atoms. The van der Waals surface area contributed by atoms with Crippen LogP contribution in [0, 0.1) is 13.8 Å². The predicted molar refractivity (Wildman–Crippen MR) is 136 cm³/mol. The van der Waals surface area contributed by atoms with Crippen LogP contribution < -0.4 is 4.74 Å². The molecular formula is C21H30Br2Cl2O3Si. The number of aromatic hydroxyl groups is 1. The van der Waals surface area contributed by atoms with Crippen molar-refractivity contribution in [1.82, 2.24) is 0 Å². The van der Waals surface area contributed by atoms with Crippen LogP contribution in [0.2, 0.25) is 25.7 Å². The van der Waals surface area contributed by atoms with E-state index in [9.17, 15) is 0 Å². The van der Waals surface area contributed by atoms with Gasteiger partial charge in [-0.3, -0.25) is 0 Å². The Balaban J connectivity index is 0.000000544. The fraction of sp³-hybridized carbons (Fsp3) is 0.429. The number of hydrogen-bond acceptors (Lipinski definition) is 3. The van der Waals surface area contributed by atoms with Crippen LogP contribution >= 0.6 is 55.1 Å². The Morgan fingerprint density at radius 1 is 0.931 bits per heavy atom. The highest BCUT2D eigenvalue weighted by Crippen LogP contribution is 2.21. The minimum Gasteiger partial charge on any atom is -0.508 e. The molecule has 0 atom stereocenters. The largest absolute Gasteiger partial charge is 0.508 e. The molecule has 0 aliphatic heterocycles. The zero-order valence-corrected chi connectivity index (χ0v) is 23.3. The normalized spacial score (nSPS) is 10.4. The SMILES string of the molecule is Cc1cc(O)ccc1Br.Cc1cc(OCOCC[Si](C)(C)C)ccc1Br.ClCCl. The summed E-state index contributed by atoms with van der Waals surface area (Å²) in [5, 5.41) is 9.11. The van der Waals surface area contributed by atoms with E-state index in [1.807, 2.05) is 38.1 Å². The Kier molecular flexibility index (Phi) is 15.4. The van der Waals surface area contributed by atoms with Gasteiger partial charge in [-0.15, -0.1) is 23.2 Å². The number of halogens is 4. The molecule has 0 heterocycles. The maximum atomic E-state index is 8.92. The van der Waals surface area contributed by atoms with Crippen molar-refractivity contribution >= 4 is 63.1 Å². The molecule has 0 aromatic heterocycles. The lowest BCUT2D eigenvalue weighted by atomic mass is 10.2. The number of phenolic OH excluding ortho intramolecular Hbond substituents is 1. The number of phenols is 1. The first-order chi connectivity index (χ1) is 13.5. The van der Waals surface area contributed by atoms with Gasteiger partial charge in [-0.1, -0.05) is 51.5 Å². The molecular weight excluding hydrogens is 559 g/mol. The van der Waals surface area contributed by atoms with Crippen molar-refractivity contribution in [3.8, 4) is 11.5 Å². The van der Waals surface area contributed by atoms with Gasteiger partial charge in [-0.25, -0.2) is 0 Å². The number of alkyl halides is 2. The standard InChI is InChI=1S/C13H21BrO2Si.C7H7BrO.CH2Cl2/c1-11-9-12(5-6-13(11)14)16-10-15-7-8-17(2,3)4;1-5-4-6(9)2-3-7(5)8;2-1-3/h5-6,9H,7-8,10H2,1-4H3;2-4,9H,1H3;1H2. The Morgan fingerprint density at radius 3 is 1.90 bits per heavy atom. The summed E-state index contributed by atoms with van der Waals surface area (Å²) < 4.78 is 13.1. The lowest BCUT2D eigenvalue weighted by Gasteiger charge is -2.15. The van der Waals surface area contributed by atoms with Gasteiger partial charge in [0.25, 0.3) is 0 Å². The van der Waals surface area contributed by atoms with Crippen molar-refractivity contribution in [2.45, 2.75) is 39.5 Å². The summed E-state index contributed by atoms with van der Waals surface area (Å²) in [6.45, 7) is 12.1. The van der Waals surface area contributed by atoms with Gasteiger partial charge in [0, 0.05) is 23.6 Å². The lowest BCUT2D eigenvalue weighted by molar-refractivity contribution is 0.0220. The van der Waals surface area contributed by atoms with Crippen molar-refractivity contribution in [2.24, 2.45) is 0 Å². The first-order valence-electron chi connectivity index (χ1n) is 9.04. The van der Waals surface area contributed by atoms with E-state index in [0.717, 1.165) is 26.9 Å². The van der Waals surface area contributed by atoms with Crippen LogP contribution in [0.5, 0.6) is 11.5 Å². The first-order valence-corrected chi connectivity index (χ1v) is 15.4. The Hall–Kier alpha value is -0.243. The number of hydrogen-bond donors (Lipinski definition) is 1. The highest BCUT2D eigenvalue weighted by Gasteiger charge is 2.11. The molecule has 2 aromatic carbocycles. The van der Waals surface area contributed by atoms with Crippen LogP contribution in [-0.4, -0.2) is 31.9 Å². The number of ether oxygens (including phenoxy) is 2. The predicted octanol–water partition coefficient (Wildman–Crippen LogP) is 8.33. The topological polar surface area (TPSA) is 38.7 Å². The third kappa shape index (κ3) is 15.2. The van der Waals surface area contributed by atoms with E-state index in [1.54, 1.807) is 12.1 Å². The minimum atomic E-state index is -0.990. The molecule has 0 aliphatic rings. The van der Waals surface area contributed by atoms with Crippen LogP contribution in [0.3, 0.4) is 0 Å². The highest BCUT2D eigenvalue weighted by molar-refractivity contribution is 9.10. The van der Waals surface area contributed by atoms with Crippen molar-refractivity contribution in [2.75, 3.05) is 18.7 Å². The first kappa shape index (κ1) is 28.8. The second kappa shape index (κ2) is 15.5. The molecule has 164 valence electrons. The molecule has 8 heteroatoms. The summed E-state index contributed by atoms with van der Waals surface area (Å²) in [5.74, 6) is 1.18. The van der Waals surface area contributed by atoms with Gasteiger partial charge in [0.1, 0.15) is 11.5 Å². The Labute approximate surface area is 203 Å². The van der Waals surface area contributed by atoms with E-state index in [0.29, 0.717) is 12.5 Å². The van der Waals surface area contributed by atoms with E-state index >= 15 is 0 Å². The summed E-state index contributed by atoms with van der Waals surface area (Å²) in [6.07, 6.45) is 0. The van der Waals surface area contributed by atoms with Gasteiger partial charge in [-0.05, 0) is 67.4 Å². The van der Waals surface area contributed by atoms with Crippen molar-refractivity contribution in [3.63, 3.8) is 0 Å². The van der Waals surface area contributed by atoms with Gasteiger partial charge in [-0.2, -0.15) is 0 Å². The van der Waals surface area contributed by atoms with Gasteiger partial charge >= 0.3 is 0 Å². The fourth-order valence-electron chi connectivity index (χ4n) is 1.88. The second-order valence-corrected chi connectivity index (χ2v) is 15.6. The lowest BCUT2D eigenvalue weighted by Crippen LogP contribution is -2.22. The summed E-state index contributed by atoms with van der Waals surface area (Å²) >= 11 is 16.3. The maximum Gasteiger partial charge on any atom is 0.189 e. The van der Waals surface area contributed by atoms with Gasteiger partial charge in [0.15, 0.2) is 6.79 Å². The van der Waals surface area contributed by atoms with Crippen LogP contribution in [0.1, 0.15) is 11.1 Å². The number of aryl methyl sites for hydroxylation is 2. The van der Waals surface area contributed by atoms with Gasteiger partial charge < -0.3 is 14.6 Å². The molecule has 0 saturated carbocycles. The molecule has 0 unspecified atom stereocenters. The Bertz CT molecular complexity index is 726. The van der Waals surface area contributed by atoms with Crippen molar-refractivity contribution in [3.05, 3.63) is 56.5 Å². The van der Waals surface area contributed by atoms with Crippen LogP contribution in [0.4, 0.5) is 0 Å². The molecule has 0 radical (unpaired) electrons. The molecule has 2 aromatic rings. The molecule has 29 heavy (non-hydrogen) atoms. The fourth-order valence-corrected chi connectivity index (χ4v) is 3.13. The van der Waals surface area contributed by atoms with E-state index in [1.165, 1.54) is 11.6 Å². The summed E-state index contributed by atoms with van der Waals surface area (Å²) in [6, 6.07) is 12.3. The van der Waals surface area contributed by atoms with Crippen molar-refractivity contribution in [1.29, 1.82) is 0 Å². The smallest absolute Gasteiger partial charge is 0.189 e. The molecule has 0 amide bonds. The molecule has 3 nitrogen and oxygen atoms in total. The maximum absolute atomic E-state index is 8.92. The zero-order valence-electron chi connectivity index (χ0n) is 17.6. The van der Waals surface area contributed by atoms with Crippen LogP contribution in [0.25, 0.3) is 0 Å². The number of rotatable bonds is 6. The summed E-state index contributed by atoms with van der Waals surface area (Å²) in [5.41, 5.74) is 2.22. The van der Waals surface area contributed by atoms with Crippen LogP contribution in [0.15, 0.2) is 45.3 Å². The van der Waals surface area contributed by atoms with Crippen LogP contribution in [-0.2, 0) is 4.74 Å². The van der Waals surface area contributed by atoms with E-state index in [4.69, 9.17) is 37.8 Å². The van der Waals surface area contributed by atoms with E-state index in [2.05, 4.69) is 51.5 Å². The molecule has 1 N–H and O–H groups in total. The van der Waals surface area contributed by atoms with E-state index in [-0.39, 0.29) is 5.34 Å². The second-order valence-electron chi connectivity index (χ2n) is 7.43. The highest BCUT2D eigenvalue weighted by atomic mass is 79.9. The van der Waals surface area contributed by atoms with E-state index < -0.39 is 8.07 Å². The quantitative estimate of drug-likeness (QED) is 0.159. The molecule has 2 rings (SSSR count). The zero-order chi connectivity index (χ0) is 22.4. The average Bonchev–Trinajstić information content (AvgIpc) is 2.61. The van der Waals surface area contributed by atoms with Gasteiger partial charge in [0.2, 0.25) is 0 Å². The monoisotopic (exact) mass is 586 g/mol. The average molecular weight is 589 g/mol. The third-order valence-corrected chi connectivity index (χ3v) is 7.06. The van der Waals surface area contributed by atoms with Gasteiger partial charge in [0.05, 0.1) is 5.34 Å². The Morgan fingerprint density at radius 2 is 1.45 bits per heavy atom. The minimum absolute atomic E-state index is 0.194. The number of benzene rings is 2. The van der Waals surface area contributed by atoms with Crippen molar-refractivity contribution < 1.29 is 14.6 Å². The summed E-state index contributed by atoms with van der Waals surface area (Å²) in [4.78, 5) is 0. The summed E-state index contributed by atoms with van der Waals surface area (Å²) in [7, 11) is -0.990.